The highest BCUT2D eigenvalue weighted by Gasteiger charge is 2.07. The molecule has 1 heterocycles. The van der Waals surface area contributed by atoms with Crippen molar-refractivity contribution in [2.75, 3.05) is 6.54 Å². The lowest BCUT2D eigenvalue weighted by molar-refractivity contribution is 0.171. The molecule has 3 heteroatoms. The molecule has 0 spiro atoms. The van der Waals surface area contributed by atoms with Crippen LogP contribution in [0.3, 0.4) is 0 Å². The number of aliphatic hydroxyl groups is 1. The zero-order valence-corrected chi connectivity index (χ0v) is 7.45. The van der Waals surface area contributed by atoms with E-state index >= 15 is 0 Å². The molecule has 0 aromatic carbocycles. The summed E-state index contributed by atoms with van der Waals surface area (Å²) >= 11 is 0. The average Bonchev–Trinajstić information content (AvgIpc) is 2.51. The lowest BCUT2D eigenvalue weighted by Gasteiger charge is -2.11. The molecule has 1 unspecified atom stereocenters. The van der Waals surface area contributed by atoms with Crippen LogP contribution in [0.2, 0.25) is 0 Å². The first-order valence-corrected chi connectivity index (χ1v) is 4.13. The SMILES string of the molecule is CC(C)NCC(O)c1ccoc1. The zero-order valence-electron chi connectivity index (χ0n) is 7.45. The minimum absolute atomic E-state index is 0.395. The Balaban J connectivity index is 2.34. The normalized spacial score (nSPS) is 13.7. The monoisotopic (exact) mass is 169 g/mol. The van der Waals surface area contributed by atoms with Crippen molar-refractivity contribution in [1.29, 1.82) is 0 Å². The number of hydrogen-bond acceptors (Lipinski definition) is 3. The third kappa shape index (κ3) is 2.68. The van der Waals surface area contributed by atoms with Gasteiger partial charge in [-0.15, -0.1) is 0 Å². The molecule has 1 aromatic rings. The summed E-state index contributed by atoms with van der Waals surface area (Å²) in [7, 11) is 0. The Morgan fingerprint density at radius 3 is 2.83 bits per heavy atom. The van der Waals surface area contributed by atoms with Crippen LogP contribution in [0.25, 0.3) is 0 Å². The standard InChI is InChI=1S/C9H15NO2/c1-7(2)10-5-9(11)8-3-4-12-6-8/h3-4,6-7,9-11H,5H2,1-2H3. The second-order valence-electron chi connectivity index (χ2n) is 3.14. The van der Waals surface area contributed by atoms with Crippen LogP contribution in [0.5, 0.6) is 0 Å². The fourth-order valence-corrected chi connectivity index (χ4v) is 0.930. The molecule has 0 saturated heterocycles. The first-order valence-electron chi connectivity index (χ1n) is 4.13. The van der Waals surface area contributed by atoms with Gasteiger partial charge in [-0.25, -0.2) is 0 Å². The van der Waals surface area contributed by atoms with Gasteiger partial charge in [0.25, 0.3) is 0 Å². The third-order valence-corrected chi connectivity index (χ3v) is 1.65. The Bertz CT molecular complexity index is 206. The zero-order chi connectivity index (χ0) is 8.97. The van der Waals surface area contributed by atoms with E-state index in [0.717, 1.165) is 5.56 Å². The van der Waals surface area contributed by atoms with E-state index in [9.17, 15) is 5.11 Å². The first kappa shape index (κ1) is 9.29. The van der Waals surface area contributed by atoms with Gasteiger partial charge in [-0.3, -0.25) is 0 Å². The molecule has 12 heavy (non-hydrogen) atoms. The molecular formula is C9H15NO2. The number of hydrogen-bond donors (Lipinski definition) is 2. The summed E-state index contributed by atoms with van der Waals surface area (Å²) < 4.78 is 4.85. The summed E-state index contributed by atoms with van der Waals surface area (Å²) in [4.78, 5) is 0. The quantitative estimate of drug-likeness (QED) is 0.714. The van der Waals surface area contributed by atoms with Crippen molar-refractivity contribution in [3.05, 3.63) is 24.2 Å². The van der Waals surface area contributed by atoms with E-state index in [-0.39, 0.29) is 0 Å². The molecule has 0 aliphatic rings. The van der Waals surface area contributed by atoms with E-state index in [1.165, 1.54) is 0 Å². The second-order valence-corrected chi connectivity index (χ2v) is 3.14. The topological polar surface area (TPSA) is 45.4 Å². The van der Waals surface area contributed by atoms with Crippen LogP contribution in [0, 0.1) is 0 Å². The molecule has 1 atom stereocenters. The molecule has 3 nitrogen and oxygen atoms in total. The van der Waals surface area contributed by atoms with Crippen molar-refractivity contribution in [2.24, 2.45) is 0 Å². The highest BCUT2D eigenvalue weighted by molar-refractivity contribution is 5.09. The van der Waals surface area contributed by atoms with Gasteiger partial charge in [-0.05, 0) is 6.07 Å². The number of nitrogens with one attached hydrogen (secondary N) is 1. The van der Waals surface area contributed by atoms with Crippen LogP contribution >= 0.6 is 0 Å². The van der Waals surface area contributed by atoms with Crippen molar-refractivity contribution in [3.63, 3.8) is 0 Å². The Morgan fingerprint density at radius 2 is 2.33 bits per heavy atom. The maximum absolute atomic E-state index is 9.54. The Kier molecular flexibility index (Phi) is 3.31. The molecule has 1 rings (SSSR count). The van der Waals surface area contributed by atoms with Crippen molar-refractivity contribution >= 4 is 0 Å². The van der Waals surface area contributed by atoms with Gasteiger partial charge < -0.3 is 14.8 Å². The van der Waals surface area contributed by atoms with Gasteiger partial charge in [0.15, 0.2) is 0 Å². The summed E-state index contributed by atoms with van der Waals surface area (Å²) in [6.07, 6.45) is 2.66. The molecule has 0 fully saturated rings. The Morgan fingerprint density at radius 1 is 1.58 bits per heavy atom. The maximum Gasteiger partial charge on any atom is 0.0961 e. The van der Waals surface area contributed by atoms with Gasteiger partial charge >= 0.3 is 0 Å². The van der Waals surface area contributed by atoms with Gasteiger partial charge in [-0.1, -0.05) is 13.8 Å². The van der Waals surface area contributed by atoms with Crippen LogP contribution in [-0.4, -0.2) is 17.7 Å². The highest BCUT2D eigenvalue weighted by atomic mass is 16.3. The van der Waals surface area contributed by atoms with Crippen LogP contribution in [0.1, 0.15) is 25.5 Å². The Labute approximate surface area is 72.4 Å². The van der Waals surface area contributed by atoms with Gasteiger partial charge in [0.1, 0.15) is 0 Å². The molecule has 2 N–H and O–H groups in total. The van der Waals surface area contributed by atoms with Crippen LogP contribution in [-0.2, 0) is 0 Å². The molecule has 1 aromatic heterocycles. The van der Waals surface area contributed by atoms with E-state index in [4.69, 9.17) is 4.42 Å². The van der Waals surface area contributed by atoms with Crippen molar-refractivity contribution in [1.82, 2.24) is 5.32 Å². The predicted octanol–water partition coefficient (Wildman–Crippen LogP) is 1.31. The summed E-state index contributed by atoms with van der Waals surface area (Å²) in [6.45, 7) is 4.65. The van der Waals surface area contributed by atoms with Gasteiger partial charge in [-0.2, -0.15) is 0 Å². The van der Waals surface area contributed by atoms with Crippen LogP contribution in [0.15, 0.2) is 23.0 Å². The molecule has 0 bridgehead atoms. The smallest absolute Gasteiger partial charge is 0.0961 e. The van der Waals surface area contributed by atoms with E-state index in [1.807, 2.05) is 13.8 Å². The lowest BCUT2D eigenvalue weighted by Crippen LogP contribution is -2.27. The average molecular weight is 169 g/mol. The van der Waals surface area contributed by atoms with Crippen molar-refractivity contribution in [2.45, 2.75) is 26.0 Å². The van der Waals surface area contributed by atoms with E-state index in [0.29, 0.717) is 12.6 Å². The molecule has 0 radical (unpaired) electrons. The van der Waals surface area contributed by atoms with Gasteiger partial charge in [0.05, 0.1) is 18.6 Å². The van der Waals surface area contributed by atoms with E-state index in [1.54, 1.807) is 18.6 Å². The van der Waals surface area contributed by atoms with Crippen LogP contribution in [0.4, 0.5) is 0 Å². The molecule has 0 saturated carbocycles. The summed E-state index contributed by atoms with van der Waals surface area (Å²) in [5.41, 5.74) is 0.822. The number of rotatable bonds is 4. The fraction of sp³-hybridized carbons (Fsp3) is 0.556. The van der Waals surface area contributed by atoms with E-state index < -0.39 is 6.10 Å². The first-order chi connectivity index (χ1) is 5.70. The van der Waals surface area contributed by atoms with Gasteiger partial charge in [0, 0.05) is 18.2 Å². The van der Waals surface area contributed by atoms with E-state index in [2.05, 4.69) is 5.32 Å². The molecule has 0 aliphatic carbocycles. The lowest BCUT2D eigenvalue weighted by atomic mass is 10.2. The fourth-order valence-electron chi connectivity index (χ4n) is 0.930. The molecular weight excluding hydrogens is 154 g/mol. The number of furan rings is 1. The minimum Gasteiger partial charge on any atom is -0.472 e. The minimum atomic E-state index is -0.467. The largest absolute Gasteiger partial charge is 0.472 e. The summed E-state index contributed by atoms with van der Waals surface area (Å²) in [6, 6.07) is 2.17. The highest BCUT2D eigenvalue weighted by Crippen LogP contribution is 2.11. The maximum atomic E-state index is 9.54. The van der Waals surface area contributed by atoms with Gasteiger partial charge in [0.2, 0.25) is 0 Å². The Hall–Kier alpha value is -0.800. The molecule has 0 amide bonds. The third-order valence-electron chi connectivity index (χ3n) is 1.65. The predicted molar refractivity (Wildman–Crippen MR) is 46.8 cm³/mol. The van der Waals surface area contributed by atoms with Crippen LogP contribution < -0.4 is 5.32 Å². The summed E-state index contributed by atoms with van der Waals surface area (Å²) in [5, 5.41) is 12.7. The molecule has 68 valence electrons. The summed E-state index contributed by atoms with van der Waals surface area (Å²) in [5.74, 6) is 0. The number of aliphatic hydroxyl groups excluding tert-OH is 1. The second kappa shape index (κ2) is 4.28. The molecule has 0 aliphatic heterocycles. The van der Waals surface area contributed by atoms with Crippen molar-refractivity contribution in [3.8, 4) is 0 Å². The van der Waals surface area contributed by atoms with Crippen molar-refractivity contribution < 1.29 is 9.52 Å².